The van der Waals surface area contributed by atoms with Gasteiger partial charge in [0.1, 0.15) is 17.4 Å². The van der Waals surface area contributed by atoms with E-state index < -0.39 is 5.97 Å². The summed E-state index contributed by atoms with van der Waals surface area (Å²) in [6, 6.07) is 0. The number of carbonyl (C=O) groups is 2. The van der Waals surface area contributed by atoms with E-state index >= 15 is 0 Å². The van der Waals surface area contributed by atoms with Gasteiger partial charge in [0, 0.05) is 12.8 Å². The van der Waals surface area contributed by atoms with E-state index in [1.54, 1.807) is 0 Å². The second-order valence-electron chi connectivity index (χ2n) is 6.14. The van der Waals surface area contributed by atoms with Gasteiger partial charge in [0.05, 0.1) is 0 Å². The van der Waals surface area contributed by atoms with Gasteiger partial charge in [-0.2, -0.15) is 0 Å². The molecule has 1 unspecified atom stereocenters. The predicted octanol–water partition coefficient (Wildman–Crippen LogP) is 4.62. The van der Waals surface area contributed by atoms with Crippen LogP contribution < -0.4 is 0 Å². The molecule has 0 saturated carbocycles. The molecule has 1 aliphatic heterocycles. The third-order valence-electron chi connectivity index (χ3n) is 4.10. The van der Waals surface area contributed by atoms with Crippen LogP contribution >= 0.6 is 0 Å². The number of aliphatic hydroxyl groups is 1. The molecule has 0 spiro atoms. The Kier molecular flexibility index (Phi) is 8.86. The highest BCUT2D eigenvalue weighted by Crippen LogP contribution is 2.25. The van der Waals surface area contributed by atoms with Crippen LogP contribution in [0.2, 0.25) is 0 Å². The van der Waals surface area contributed by atoms with Crippen LogP contribution in [-0.4, -0.2) is 23.0 Å². The van der Waals surface area contributed by atoms with Crippen molar-refractivity contribution in [3.63, 3.8) is 0 Å². The zero-order valence-corrected chi connectivity index (χ0v) is 14.0. The Labute approximate surface area is 133 Å². The lowest BCUT2D eigenvalue weighted by Gasteiger charge is -2.23. The molecule has 0 aromatic heterocycles. The van der Waals surface area contributed by atoms with Gasteiger partial charge >= 0.3 is 5.97 Å². The zero-order valence-electron chi connectivity index (χ0n) is 14.0. The summed E-state index contributed by atoms with van der Waals surface area (Å²) in [5.41, 5.74) is -0.109. The van der Waals surface area contributed by atoms with E-state index in [1.807, 2.05) is 0 Å². The van der Waals surface area contributed by atoms with Crippen LogP contribution in [0.15, 0.2) is 11.3 Å². The predicted molar refractivity (Wildman–Crippen MR) is 86.7 cm³/mol. The summed E-state index contributed by atoms with van der Waals surface area (Å²) in [7, 11) is 0. The zero-order chi connectivity index (χ0) is 16.4. The molecule has 0 aromatic carbocycles. The SMILES string of the molecule is CCCCCCCC(=O)C1=C(O)CC(CCCCC)OC1=O. The highest BCUT2D eigenvalue weighted by Gasteiger charge is 2.32. The van der Waals surface area contributed by atoms with Crippen molar-refractivity contribution in [1.82, 2.24) is 0 Å². The standard InChI is InChI=1S/C18H30O4/c1-3-5-7-8-10-12-15(19)17-16(20)13-14(22-18(17)21)11-9-6-4-2/h14,20H,3-13H2,1-2H3. The van der Waals surface area contributed by atoms with Crippen LogP contribution in [-0.2, 0) is 14.3 Å². The van der Waals surface area contributed by atoms with Crippen LogP contribution in [0.3, 0.4) is 0 Å². The van der Waals surface area contributed by atoms with Gasteiger partial charge in [-0.3, -0.25) is 4.79 Å². The molecule has 0 amide bonds. The molecule has 1 rings (SSSR count). The number of ketones is 1. The molecule has 0 aliphatic carbocycles. The third kappa shape index (κ3) is 6.20. The second-order valence-corrected chi connectivity index (χ2v) is 6.14. The first-order valence-corrected chi connectivity index (χ1v) is 8.76. The largest absolute Gasteiger partial charge is 0.511 e. The van der Waals surface area contributed by atoms with E-state index in [2.05, 4.69) is 13.8 Å². The number of esters is 1. The average Bonchev–Trinajstić information content (AvgIpc) is 2.46. The summed E-state index contributed by atoms with van der Waals surface area (Å²) < 4.78 is 5.30. The van der Waals surface area contributed by atoms with Crippen LogP contribution in [0, 0.1) is 0 Å². The van der Waals surface area contributed by atoms with E-state index in [0.717, 1.165) is 51.4 Å². The molecule has 1 aliphatic rings. The fraction of sp³-hybridized carbons (Fsp3) is 0.778. The molecule has 4 heteroatoms. The first-order valence-electron chi connectivity index (χ1n) is 8.76. The summed E-state index contributed by atoms with van der Waals surface area (Å²) in [5.74, 6) is -0.980. The summed E-state index contributed by atoms with van der Waals surface area (Å²) >= 11 is 0. The van der Waals surface area contributed by atoms with Gasteiger partial charge in [-0.15, -0.1) is 0 Å². The van der Waals surface area contributed by atoms with Crippen molar-refractivity contribution in [1.29, 1.82) is 0 Å². The fourth-order valence-electron chi connectivity index (χ4n) is 2.76. The maximum atomic E-state index is 12.1. The molecule has 1 N–H and O–H groups in total. The molecule has 0 aromatic rings. The number of aliphatic hydroxyl groups excluding tert-OH is 1. The fourth-order valence-corrected chi connectivity index (χ4v) is 2.76. The number of rotatable bonds is 11. The number of ether oxygens (including phenoxy) is 1. The first kappa shape index (κ1) is 18.7. The maximum absolute atomic E-state index is 12.1. The number of hydrogen-bond acceptors (Lipinski definition) is 4. The molecule has 22 heavy (non-hydrogen) atoms. The number of unbranched alkanes of at least 4 members (excludes halogenated alkanes) is 6. The molecule has 0 fully saturated rings. The monoisotopic (exact) mass is 310 g/mol. The van der Waals surface area contributed by atoms with Gasteiger partial charge in [0.25, 0.3) is 0 Å². The van der Waals surface area contributed by atoms with Gasteiger partial charge in [-0.1, -0.05) is 52.4 Å². The molecular weight excluding hydrogens is 280 g/mol. The van der Waals surface area contributed by atoms with Crippen LogP contribution in [0.5, 0.6) is 0 Å². The van der Waals surface area contributed by atoms with Crippen molar-refractivity contribution >= 4 is 11.8 Å². The van der Waals surface area contributed by atoms with E-state index in [9.17, 15) is 14.7 Å². The quantitative estimate of drug-likeness (QED) is 0.343. The second kappa shape index (κ2) is 10.4. The van der Waals surface area contributed by atoms with Crippen LogP contribution in [0.1, 0.15) is 84.5 Å². The minimum atomic E-state index is -0.635. The van der Waals surface area contributed by atoms with E-state index in [0.29, 0.717) is 6.42 Å². The first-order chi connectivity index (χ1) is 10.6. The minimum absolute atomic E-state index is 0.0729. The smallest absolute Gasteiger partial charge is 0.345 e. The number of Topliss-reactive ketones (excluding diaryl/α,β-unsaturated/α-hetero) is 1. The summed E-state index contributed by atoms with van der Waals surface area (Å²) in [6.07, 6.45) is 9.43. The van der Waals surface area contributed by atoms with Gasteiger partial charge in [0.2, 0.25) is 0 Å². The molecule has 1 atom stereocenters. The summed E-state index contributed by atoms with van der Waals surface area (Å²) in [5, 5.41) is 10.0. The Bertz CT molecular complexity index is 398. The number of cyclic esters (lactones) is 1. The van der Waals surface area contributed by atoms with Crippen molar-refractivity contribution in [2.24, 2.45) is 0 Å². The molecule has 0 bridgehead atoms. The number of hydrogen-bond donors (Lipinski definition) is 1. The van der Waals surface area contributed by atoms with Crippen molar-refractivity contribution in [3.8, 4) is 0 Å². The Morgan fingerprint density at radius 3 is 2.36 bits per heavy atom. The molecule has 4 nitrogen and oxygen atoms in total. The summed E-state index contributed by atoms with van der Waals surface area (Å²) in [4.78, 5) is 24.1. The number of carbonyl (C=O) groups excluding carboxylic acids is 2. The topological polar surface area (TPSA) is 63.6 Å². The Morgan fingerprint density at radius 2 is 1.73 bits per heavy atom. The molecule has 126 valence electrons. The highest BCUT2D eigenvalue weighted by molar-refractivity contribution is 6.18. The Morgan fingerprint density at radius 1 is 1.09 bits per heavy atom. The molecular formula is C18H30O4. The van der Waals surface area contributed by atoms with Gasteiger partial charge < -0.3 is 9.84 Å². The van der Waals surface area contributed by atoms with Gasteiger partial charge in [-0.25, -0.2) is 4.79 Å². The van der Waals surface area contributed by atoms with Crippen molar-refractivity contribution < 1.29 is 19.4 Å². The van der Waals surface area contributed by atoms with Crippen LogP contribution in [0.25, 0.3) is 0 Å². The molecule has 0 saturated heterocycles. The lowest BCUT2D eigenvalue weighted by Crippen LogP contribution is -2.30. The highest BCUT2D eigenvalue weighted by atomic mass is 16.5. The lowest BCUT2D eigenvalue weighted by atomic mass is 9.97. The van der Waals surface area contributed by atoms with E-state index in [4.69, 9.17) is 4.74 Å². The van der Waals surface area contributed by atoms with Gasteiger partial charge in [0.15, 0.2) is 5.78 Å². The third-order valence-corrected chi connectivity index (χ3v) is 4.10. The van der Waals surface area contributed by atoms with Crippen molar-refractivity contribution in [3.05, 3.63) is 11.3 Å². The molecule has 0 radical (unpaired) electrons. The van der Waals surface area contributed by atoms with E-state index in [1.165, 1.54) is 6.42 Å². The summed E-state index contributed by atoms with van der Waals surface area (Å²) in [6.45, 7) is 4.25. The molecule has 1 heterocycles. The Balaban J connectivity index is 2.46. The van der Waals surface area contributed by atoms with Gasteiger partial charge in [-0.05, 0) is 19.3 Å². The average molecular weight is 310 g/mol. The van der Waals surface area contributed by atoms with Crippen molar-refractivity contribution in [2.45, 2.75) is 90.6 Å². The van der Waals surface area contributed by atoms with Crippen LogP contribution in [0.4, 0.5) is 0 Å². The van der Waals surface area contributed by atoms with E-state index in [-0.39, 0.29) is 29.6 Å². The minimum Gasteiger partial charge on any atom is -0.511 e. The lowest BCUT2D eigenvalue weighted by molar-refractivity contribution is -0.148. The Hall–Kier alpha value is -1.32. The normalized spacial score (nSPS) is 18.5. The maximum Gasteiger partial charge on any atom is 0.345 e. The van der Waals surface area contributed by atoms with Crippen molar-refractivity contribution in [2.75, 3.05) is 0 Å².